The minimum Gasteiger partial charge on any atom is -0.462 e. The van der Waals surface area contributed by atoms with Crippen LogP contribution in [0.15, 0.2) is 48.6 Å². The fourth-order valence-corrected chi connectivity index (χ4v) is 7.12. The second kappa shape index (κ2) is 49.0. The van der Waals surface area contributed by atoms with E-state index in [1.165, 1.54) is 148 Å². The Labute approximate surface area is 371 Å². The lowest BCUT2D eigenvalue weighted by Crippen LogP contribution is -2.30. The Morgan fingerprint density at radius 1 is 0.333 bits per heavy atom. The van der Waals surface area contributed by atoms with Crippen molar-refractivity contribution in [3.05, 3.63) is 48.6 Å². The molecule has 0 saturated heterocycles. The predicted molar refractivity (Wildman–Crippen MR) is 256 cm³/mol. The van der Waals surface area contributed by atoms with Crippen molar-refractivity contribution >= 4 is 17.9 Å². The largest absolute Gasteiger partial charge is 0.462 e. The third-order valence-corrected chi connectivity index (χ3v) is 11.0. The van der Waals surface area contributed by atoms with Crippen LogP contribution in [0.5, 0.6) is 0 Å². The van der Waals surface area contributed by atoms with Crippen LogP contribution in [0.25, 0.3) is 0 Å². The van der Waals surface area contributed by atoms with Crippen LogP contribution in [0.4, 0.5) is 0 Å². The molecular formula is C54H96O6. The van der Waals surface area contributed by atoms with Crippen LogP contribution < -0.4 is 0 Å². The second-order valence-corrected chi connectivity index (χ2v) is 17.1. The van der Waals surface area contributed by atoms with Crippen molar-refractivity contribution in [1.29, 1.82) is 0 Å². The minimum atomic E-state index is -0.807. The molecule has 1 unspecified atom stereocenters. The molecule has 0 heterocycles. The quantitative estimate of drug-likeness (QED) is 0.0263. The molecule has 1 atom stereocenters. The van der Waals surface area contributed by atoms with E-state index in [-0.39, 0.29) is 37.5 Å². The van der Waals surface area contributed by atoms with Crippen molar-refractivity contribution in [3.8, 4) is 0 Å². The van der Waals surface area contributed by atoms with Crippen molar-refractivity contribution in [2.75, 3.05) is 13.2 Å². The summed E-state index contributed by atoms with van der Waals surface area (Å²) in [5.41, 5.74) is 0. The smallest absolute Gasteiger partial charge is 0.306 e. The van der Waals surface area contributed by atoms with Crippen LogP contribution in [-0.4, -0.2) is 37.2 Å². The summed E-state index contributed by atoms with van der Waals surface area (Å²) in [6.07, 6.45) is 58.3. The normalized spacial score (nSPS) is 12.4. The molecule has 0 N–H and O–H groups in total. The Balaban J connectivity index is 4.40. The summed E-state index contributed by atoms with van der Waals surface area (Å²) >= 11 is 0. The second-order valence-electron chi connectivity index (χ2n) is 17.1. The van der Waals surface area contributed by atoms with E-state index in [1.54, 1.807) is 0 Å². The van der Waals surface area contributed by atoms with Gasteiger partial charge in [0.25, 0.3) is 0 Å². The Bertz CT molecular complexity index is 1060. The zero-order chi connectivity index (χ0) is 43.7. The summed E-state index contributed by atoms with van der Waals surface area (Å²) in [6, 6.07) is 0. The van der Waals surface area contributed by atoms with E-state index in [2.05, 4.69) is 63.3 Å². The highest BCUT2D eigenvalue weighted by Gasteiger charge is 2.19. The van der Waals surface area contributed by atoms with E-state index in [0.29, 0.717) is 19.3 Å². The molecule has 0 aromatic carbocycles. The monoisotopic (exact) mass is 841 g/mol. The van der Waals surface area contributed by atoms with Gasteiger partial charge in [-0.25, -0.2) is 0 Å². The lowest BCUT2D eigenvalue weighted by Gasteiger charge is -2.18. The van der Waals surface area contributed by atoms with E-state index < -0.39 is 6.10 Å². The summed E-state index contributed by atoms with van der Waals surface area (Å²) in [7, 11) is 0. The molecule has 0 spiro atoms. The van der Waals surface area contributed by atoms with E-state index in [9.17, 15) is 14.4 Å². The van der Waals surface area contributed by atoms with E-state index in [4.69, 9.17) is 14.2 Å². The number of unbranched alkanes of at least 4 members (excludes halogenated alkanes) is 27. The van der Waals surface area contributed by atoms with Crippen molar-refractivity contribution in [1.82, 2.24) is 0 Å². The highest BCUT2D eigenvalue weighted by Crippen LogP contribution is 2.14. The molecule has 6 heteroatoms. The molecule has 0 amide bonds. The van der Waals surface area contributed by atoms with Crippen LogP contribution in [0, 0.1) is 0 Å². The maximum atomic E-state index is 12.7. The van der Waals surface area contributed by atoms with Crippen LogP contribution in [0.1, 0.15) is 258 Å². The van der Waals surface area contributed by atoms with Crippen LogP contribution in [0.3, 0.4) is 0 Å². The van der Waals surface area contributed by atoms with Crippen LogP contribution >= 0.6 is 0 Å². The number of carbonyl (C=O) groups excluding carboxylic acids is 3. The molecule has 0 saturated carbocycles. The summed E-state index contributed by atoms with van der Waals surface area (Å²) in [6.45, 7) is 6.53. The number of carbonyl (C=O) groups is 3. The lowest BCUT2D eigenvalue weighted by molar-refractivity contribution is -0.166. The first kappa shape index (κ1) is 57.4. The molecule has 0 fully saturated rings. The van der Waals surface area contributed by atoms with E-state index >= 15 is 0 Å². The molecule has 0 aliphatic carbocycles. The fourth-order valence-electron chi connectivity index (χ4n) is 7.12. The average Bonchev–Trinajstić information content (AvgIpc) is 3.24. The summed E-state index contributed by atoms with van der Waals surface area (Å²) in [5, 5.41) is 0. The Kier molecular flexibility index (Phi) is 46.9. The van der Waals surface area contributed by atoms with Gasteiger partial charge in [0.2, 0.25) is 0 Å². The molecule has 0 rings (SSSR count). The van der Waals surface area contributed by atoms with Gasteiger partial charge in [0, 0.05) is 19.3 Å². The molecule has 0 radical (unpaired) electrons. The number of hydrogen-bond donors (Lipinski definition) is 0. The van der Waals surface area contributed by atoms with E-state index in [1.807, 2.05) is 6.08 Å². The van der Waals surface area contributed by atoms with Gasteiger partial charge in [-0.05, 0) is 83.5 Å². The van der Waals surface area contributed by atoms with Gasteiger partial charge in [-0.1, -0.05) is 204 Å². The first-order valence-corrected chi connectivity index (χ1v) is 25.6. The number of hydrogen-bond acceptors (Lipinski definition) is 6. The standard InChI is InChI=1S/C54H96O6/c1-4-7-10-13-16-19-22-24-25-26-27-28-30-32-35-38-41-44-47-53(56)59-50-51(49-58-52(55)46-43-40-37-34-31-21-18-15-12-9-6-3)60-54(57)48-45-42-39-36-33-29-23-20-17-14-11-8-5-2/h15,18,27-29,33,39,42,51H,4-14,16-17,19-26,30-32,34-38,40-41,43-50H2,1-3H3/b18-15-,28-27-,33-29-,42-39-. The minimum absolute atomic E-state index is 0.102. The van der Waals surface area contributed by atoms with Crippen molar-refractivity contribution in [3.63, 3.8) is 0 Å². The van der Waals surface area contributed by atoms with Crippen molar-refractivity contribution < 1.29 is 28.6 Å². The molecule has 60 heavy (non-hydrogen) atoms. The van der Waals surface area contributed by atoms with Crippen LogP contribution in [-0.2, 0) is 28.6 Å². The maximum Gasteiger partial charge on any atom is 0.306 e. The number of rotatable bonds is 46. The van der Waals surface area contributed by atoms with Crippen molar-refractivity contribution in [2.24, 2.45) is 0 Å². The summed E-state index contributed by atoms with van der Waals surface area (Å²) in [4.78, 5) is 37.8. The van der Waals surface area contributed by atoms with Gasteiger partial charge in [-0.3, -0.25) is 14.4 Å². The van der Waals surface area contributed by atoms with Gasteiger partial charge < -0.3 is 14.2 Å². The zero-order valence-corrected chi connectivity index (χ0v) is 39.7. The molecular weight excluding hydrogens is 745 g/mol. The molecule has 0 aliphatic heterocycles. The summed E-state index contributed by atoms with van der Waals surface area (Å²) in [5.74, 6) is -0.984. The van der Waals surface area contributed by atoms with Gasteiger partial charge in [-0.2, -0.15) is 0 Å². The zero-order valence-electron chi connectivity index (χ0n) is 39.7. The number of allylic oxidation sites excluding steroid dienone is 8. The highest BCUT2D eigenvalue weighted by atomic mass is 16.6. The third kappa shape index (κ3) is 46.4. The Morgan fingerprint density at radius 2 is 0.650 bits per heavy atom. The van der Waals surface area contributed by atoms with Gasteiger partial charge >= 0.3 is 17.9 Å². The fraction of sp³-hybridized carbons (Fsp3) is 0.796. The third-order valence-electron chi connectivity index (χ3n) is 11.0. The Hall–Kier alpha value is -2.63. The van der Waals surface area contributed by atoms with Gasteiger partial charge in [0.15, 0.2) is 6.10 Å². The number of esters is 3. The molecule has 0 aromatic rings. The molecule has 0 bridgehead atoms. The first-order valence-electron chi connectivity index (χ1n) is 25.6. The van der Waals surface area contributed by atoms with Crippen molar-refractivity contribution in [2.45, 2.75) is 264 Å². The average molecular weight is 841 g/mol. The van der Waals surface area contributed by atoms with Gasteiger partial charge in [0.1, 0.15) is 13.2 Å². The number of ether oxygens (including phenoxy) is 3. The molecule has 0 aromatic heterocycles. The molecule has 348 valence electrons. The summed E-state index contributed by atoms with van der Waals surface area (Å²) < 4.78 is 16.7. The first-order chi connectivity index (χ1) is 29.5. The maximum absolute atomic E-state index is 12.7. The molecule has 6 nitrogen and oxygen atoms in total. The van der Waals surface area contributed by atoms with E-state index in [0.717, 1.165) is 64.2 Å². The van der Waals surface area contributed by atoms with Gasteiger partial charge in [0.05, 0.1) is 0 Å². The predicted octanol–water partition coefficient (Wildman–Crippen LogP) is 16.7. The topological polar surface area (TPSA) is 78.9 Å². The SMILES string of the molecule is CCCC/C=C\CCCCCCCC(=O)OCC(COC(=O)CCCCCCC/C=C\CCCCCCCCCCC)OC(=O)CC/C=C\C/C=C\CCCCCCCC. The lowest BCUT2D eigenvalue weighted by atomic mass is 10.1. The molecule has 0 aliphatic rings. The van der Waals surface area contributed by atoms with Crippen LogP contribution in [0.2, 0.25) is 0 Å². The highest BCUT2D eigenvalue weighted by molar-refractivity contribution is 5.71. The van der Waals surface area contributed by atoms with Gasteiger partial charge in [-0.15, -0.1) is 0 Å². The Morgan fingerprint density at radius 3 is 1.05 bits per heavy atom.